The van der Waals surface area contributed by atoms with Gasteiger partial charge >= 0.3 is 0 Å². The maximum Gasteiger partial charge on any atom is 0.239 e. The van der Waals surface area contributed by atoms with Crippen molar-refractivity contribution >= 4 is 34.8 Å². The molecule has 0 bridgehead atoms. The summed E-state index contributed by atoms with van der Waals surface area (Å²) < 4.78 is 5.90. The van der Waals surface area contributed by atoms with E-state index in [-0.39, 0.29) is 16.4 Å². The summed E-state index contributed by atoms with van der Waals surface area (Å²) in [6.07, 6.45) is 0. The summed E-state index contributed by atoms with van der Waals surface area (Å²) in [7, 11) is 0. The summed E-state index contributed by atoms with van der Waals surface area (Å²) in [4.78, 5) is 4.10. The number of hydrogen-bond donors (Lipinski definition) is 0. The van der Waals surface area contributed by atoms with Crippen molar-refractivity contribution in [1.82, 2.24) is 4.98 Å². The van der Waals surface area contributed by atoms with Crippen LogP contribution in [-0.2, 0) is 5.41 Å². The highest BCUT2D eigenvalue weighted by Crippen LogP contribution is 2.38. The van der Waals surface area contributed by atoms with Gasteiger partial charge in [0.2, 0.25) is 5.88 Å². The molecule has 1 aromatic carbocycles. The summed E-state index contributed by atoms with van der Waals surface area (Å²) in [6.45, 7) is 8.36. The molecule has 0 fully saturated rings. The first-order valence-corrected chi connectivity index (χ1v) is 7.62. The fourth-order valence-corrected chi connectivity index (χ4v) is 2.47. The van der Waals surface area contributed by atoms with Crippen LogP contribution in [0.25, 0.3) is 0 Å². The number of aromatic nitrogens is 1. The third-order valence-electron chi connectivity index (χ3n) is 3.01. The molecular weight excluding hydrogens is 329 g/mol. The van der Waals surface area contributed by atoms with Crippen molar-refractivity contribution in [3.63, 3.8) is 0 Å². The predicted molar refractivity (Wildman–Crippen MR) is 89.2 cm³/mol. The van der Waals surface area contributed by atoms with Gasteiger partial charge in [-0.3, -0.25) is 0 Å². The average molecular weight is 345 g/mol. The van der Waals surface area contributed by atoms with E-state index in [4.69, 9.17) is 39.5 Å². The fourth-order valence-electron chi connectivity index (χ4n) is 1.94. The van der Waals surface area contributed by atoms with Gasteiger partial charge in [-0.25, -0.2) is 0 Å². The number of halogens is 3. The smallest absolute Gasteiger partial charge is 0.239 e. The first-order chi connectivity index (χ1) is 9.68. The van der Waals surface area contributed by atoms with Gasteiger partial charge in [0.1, 0.15) is 10.8 Å². The van der Waals surface area contributed by atoms with E-state index in [1.165, 1.54) is 6.07 Å². The van der Waals surface area contributed by atoms with E-state index in [0.29, 0.717) is 10.0 Å². The van der Waals surface area contributed by atoms with Gasteiger partial charge in [0.15, 0.2) is 5.15 Å². The maximum absolute atomic E-state index is 6.13. The number of rotatable bonds is 2. The van der Waals surface area contributed by atoms with Crippen LogP contribution < -0.4 is 4.74 Å². The molecule has 0 spiro atoms. The topological polar surface area (TPSA) is 22.1 Å². The van der Waals surface area contributed by atoms with Gasteiger partial charge in [0, 0.05) is 5.56 Å². The summed E-state index contributed by atoms with van der Waals surface area (Å²) in [6, 6.07) is 7.59. The van der Waals surface area contributed by atoms with Gasteiger partial charge < -0.3 is 4.74 Å². The van der Waals surface area contributed by atoms with E-state index in [2.05, 4.69) is 37.9 Å². The van der Waals surface area contributed by atoms with Crippen LogP contribution in [0.15, 0.2) is 24.3 Å². The molecule has 1 heterocycles. The fraction of sp³-hybridized carbons (Fsp3) is 0.312. The maximum atomic E-state index is 6.13. The standard InChI is InChI=1S/C16H16Cl3NO/c1-9-5-6-10(16(2,3)4)13(7-9)21-15-12(18)8-11(17)14(19)20-15/h5-8H,1-4H3. The molecule has 0 saturated carbocycles. The van der Waals surface area contributed by atoms with E-state index < -0.39 is 0 Å². The lowest BCUT2D eigenvalue weighted by molar-refractivity contribution is 0.440. The molecule has 2 nitrogen and oxygen atoms in total. The van der Waals surface area contributed by atoms with E-state index in [0.717, 1.165) is 16.9 Å². The van der Waals surface area contributed by atoms with Crippen LogP contribution in [0.4, 0.5) is 0 Å². The van der Waals surface area contributed by atoms with Crippen LogP contribution in [0, 0.1) is 6.92 Å². The second-order valence-electron chi connectivity index (χ2n) is 5.90. The van der Waals surface area contributed by atoms with Crippen molar-refractivity contribution < 1.29 is 4.74 Å². The summed E-state index contributed by atoms with van der Waals surface area (Å²) in [5.41, 5.74) is 2.09. The molecule has 2 aromatic rings. The Bertz CT molecular complexity index is 678. The average Bonchev–Trinajstić information content (AvgIpc) is 2.34. The third-order valence-corrected chi connectivity index (χ3v) is 3.95. The van der Waals surface area contributed by atoms with Crippen molar-refractivity contribution in [3.8, 4) is 11.6 Å². The third kappa shape index (κ3) is 3.82. The molecule has 0 aliphatic carbocycles. The highest BCUT2D eigenvalue weighted by Gasteiger charge is 2.20. The molecular formula is C16H16Cl3NO. The van der Waals surface area contributed by atoms with Gasteiger partial charge in [-0.2, -0.15) is 4.98 Å². The first-order valence-electron chi connectivity index (χ1n) is 6.49. The molecule has 2 rings (SSSR count). The van der Waals surface area contributed by atoms with Crippen molar-refractivity contribution in [2.45, 2.75) is 33.1 Å². The van der Waals surface area contributed by atoms with Gasteiger partial charge in [0.25, 0.3) is 0 Å². The van der Waals surface area contributed by atoms with E-state index in [9.17, 15) is 0 Å². The van der Waals surface area contributed by atoms with E-state index in [1.807, 2.05) is 13.0 Å². The lowest BCUT2D eigenvalue weighted by atomic mass is 9.86. The molecule has 0 radical (unpaired) electrons. The van der Waals surface area contributed by atoms with E-state index in [1.54, 1.807) is 0 Å². The lowest BCUT2D eigenvalue weighted by Crippen LogP contribution is -2.12. The van der Waals surface area contributed by atoms with Gasteiger partial charge in [-0.15, -0.1) is 0 Å². The molecule has 0 amide bonds. The van der Waals surface area contributed by atoms with Crippen molar-refractivity contribution in [2.75, 3.05) is 0 Å². The SMILES string of the molecule is Cc1ccc(C(C)(C)C)c(Oc2nc(Cl)c(Cl)cc2Cl)c1. The van der Waals surface area contributed by atoms with Crippen LogP contribution in [0.2, 0.25) is 15.2 Å². The zero-order valence-electron chi connectivity index (χ0n) is 12.3. The number of benzene rings is 1. The van der Waals surface area contributed by atoms with Crippen molar-refractivity contribution in [2.24, 2.45) is 0 Å². The molecule has 112 valence electrons. The van der Waals surface area contributed by atoms with Crippen LogP contribution in [0.3, 0.4) is 0 Å². The predicted octanol–water partition coefficient (Wildman–Crippen LogP) is 6.44. The van der Waals surface area contributed by atoms with Gasteiger partial charge in [0.05, 0.1) is 5.02 Å². The van der Waals surface area contributed by atoms with Crippen molar-refractivity contribution in [3.05, 3.63) is 50.6 Å². The summed E-state index contributed by atoms with van der Waals surface area (Å²) in [5.74, 6) is 0.970. The zero-order chi connectivity index (χ0) is 15.8. The number of nitrogens with zero attached hydrogens (tertiary/aromatic N) is 1. The Balaban J connectivity index is 2.49. The highest BCUT2D eigenvalue weighted by molar-refractivity contribution is 6.42. The Kier molecular flexibility index (Phi) is 4.72. The van der Waals surface area contributed by atoms with E-state index >= 15 is 0 Å². The van der Waals surface area contributed by atoms with Crippen molar-refractivity contribution in [1.29, 1.82) is 0 Å². The Labute approximate surface area is 140 Å². The molecule has 0 atom stereocenters. The minimum Gasteiger partial charge on any atom is -0.437 e. The first kappa shape index (κ1) is 16.4. The number of hydrogen-bond acceptors (Lipinski definition) is 2. The Morgan fingerprint density at radius 3 is 2.29 bits per heavy atom. The molecule has 0 saturated heterocycles. The monoisotopic (exact) mass is 343 g/mol. The van der Waals surface area contributed by atoms with Crippen LogP contribution in [0.1, 0.15) is 31.9 Å². The lowest BCUT2D eigenvalue weighted by Gasteiger charge is -2.23. The second-order valence-corrected chi connectivity index (χ2v) is 7.07. The highest BCUT2D eigenvalue weighted by atomic mass is 35.5. The summed E-state index contributed by atoms with van der Waals surface area (Å²) >= 11 is 17.9. The minimum absolute atomic E-state index is 0.0638. The zero-order valence-corrected chi connectivity index (χ0v) is 14.6. The quantitative estimate of drug-likeness (QED) is 0.585. The van der Waals surface area contributed by atoms with Gasteiger partial charge in [-0.1, -0.05) is 67.7 Å². The Morgan fingerprint density at radius 1 is 1.00 bits per heavy atom. The van der Waals surface area contributed by atoms with Crippen LogP contribution >= 0.6 is 34.8 Å². The summed E-state index contributed by atoms with van der Waals surface area (Å²) in [5, 5.41) is 0.793. The molecule has 0 unspecified atom stereocenters. The second kappa shape index (κ2) is 6.04. The molecule has 1 aromatic heterocycles. The molecule has 21 heavy (non-hydrogen) atoms. The normalized spacial score (nSPS) is 11.6. The Hall–Kier alpha value is -0.960. The van der Waals surface area contributed by atoms with Crippen LogP contribution in [0.5, 0.6) is 11.6 Å². The number of pyridine rings is 1. The number of aryl methyl sites for hydroxylation is 1. The molecule has 0 aliphatic heterocycles. The molecule has 0 N–H and O–H groups in total. The minimum atomic E-state index is -0.0638. The number of ether oxygens (including phenoxy) is 1. The largest absolute Gasteiger partial charge is 0.437 e. The molecule has 5 heteroatoms. The Morgan fingerprint density at radius 2 is 1.67 bits per heavy atom. The molecule has 0 aliphatic rings. The van der Waals surface area contributed by atoms with Crippen LogP contribution in [-0.4, -0.2) is 4.98 Å². The van der Waals surface area contributed by atoms with Gasteiger partial charge in [-0.05, 0) is 30.0 Å².